The molecular weight excluding hydrogens is 346 g/mol. The van der Waals surface area contributed by atoms with Crippen LogP contribution in [0.2, 0.25) is 0 Å². The zero-order chi connectivity index (χ0) is 18.2. The lowest BCUT2D eigenvalue weighted by Crippen LogP contribution is -2.36. The first-order valence-electron chi connectivity index (χ1n) is 6.63. The number of carbonyl (C=O) groups excluding carboxylic acids is 1. The van der Waals surface area contributed by atoms with E-state index in [2.05, 4.69) is 0 Å². The second kappa shape index (κ2) is 6.34. The molecule has 0 saturated heterocycles. The van der Waals surface area contributed by atoms with Gasteiger partial charge in [0.15, 0.2) is 0 Å². The fourth-order valence-electron chi connectivity index (χ4n) is 2.08. The van der Waals surface area contributed by atoms with Gasteiger partial charge in [-0.3, -0.25) is 4.79 Å². The van der Waals surface area contributed by atoms with Crippen molar-refractivity contribution >= 4 is 16.8 Å². The highest BCUT2D eigenvalue weighted by Gasteiger charge is 2.49. The maximum Gasteiger partial charge on any atom is 0.397 e. The van der Waals surface area contributed by atoms with Crippen molar-refractivity contribution in [2.75, 3.05) is 0 Å². The highest BCUT2D eigenvalue weighted by atomic mass is 35.5. The molecule has 0 N–H and O–H groups in total. The minimum absolute atomic E-state index is 0.0726. The molecule has 0 fully saturated rings. The van der Waals surface area contributed by atoms with Crippen LogP contribution in [0.15, 0.2) is 24.3 Å². The molecule has 0 aromatic heterocycles. The van der Waals surface area contributed by atoms with Gasteiger partial charge >= 0.3 is 12.4 Å². The van der Waals surface area contributed by atoms with Crippen molar-refractivity contribution < 1.29 is 31.1 Å². The molecule has 1 nitrogen and oxygen atoms in total. The fraction of sp³-hybridized carbons (Fsp3) is 0.533. The van der Waals surface area contributed by atoms with E-state index in [-0.39, 0.29) is 11.1 Å². The van der Waals surface area contributed by atoms with E-state index in [1.54, 1.807) is 0 Å². The van der Waals surface area contributed by atoms with Gasteiger partial charge in [0, 0.05) is 0 Å². The van der Waals surface area contributed by atoms with E-state index < -0.39 is 34.8 Å². The minimum atomic E-state index is -4.65. The molecule has 0 unspecified atom stereocenters. The third-order valence-corrected chi connectivity index (χ3v) is 4.20. The lowest BCUT2D eigenvalue weighted by Gasteiger charge is -2.29. The quantitative estimate of drug-likeness (QED) is 0.506. The normalized spacial score (nSPS) is 16.1. The van der Waals surface area contributed by atoms with Gasteiger partial charge in [-0.25, -0.2) is 0 Å². The molecule has 0 aliphatic rings. The molecule has 0 heterocycles. The summed E-state index contributed by atoms with van der Waals surface area (Å²) in [6.07, 6.45) is -9.17. The molecule has 0 spiro atoms. The van der Waals surface area contributed by atoms with Crippen LogP contribution in [0.1, 0.15) is 37.8 Å². The summed E-state index contributed by atoms with van der Waals surface area (Å²) in [5.74, 6) is -3.71. The summed E-state index contributed by atoms with van der Waals surface area (Å²) in [6.45, 7) is 2.73. The van der Waals surface area contributed by atoms with Crippen molar-refractivity contribution in [1.82, 2.24) is 0 Å². The number of alkyl halides is 6. The van der Waals surface area contributed by atoms with E-state index in [9.17, 15) is 31.1 Å². The third-order valence-electron chi connectivity index (χ3n) is 3.96. The SMILES string of the molecule is C[C@H]([C@H](C(=O)Cl)c1ccc(C(C)(C)C(F)(F)F)cc1)C(F)(F)F. The van der Waals surface area contributed by atoms with Crippen LogP contribution in [0.3, 0.4) is 0 Å². The van der Waals surface area contributed by atoms with E-state index in [0.29, 0.717) is 0 Å². The highest BCUT2D eigenvalue weighted by Crippen LogP contribution is 2.42. The van der Waals surface area contributed by atoms with Crippen molar-refractivity contribution in [3.8, 4) is 0 Å². The zero-order valence-corrected chi connectivity index (χ0v) is 13.3. The highest BCUT2D eigenvalue weighted by molar-refractivity contribution is 6.64. The second-order valence-corrected chi connectivity index (χ2v) is 6.23. The summed E-state index contributed by atoms with van der Waals surface area (Å²) in [5, 5.41) is -1.21. The first kappa shape index (κ1) is 19.8. The van der Waals surface area contributed by atoms with Crippen LogP contribution in [0.5, 0.6) is 0 Å². The molecule has 2 atom stereocenters. The maximum absolute atomic E-state index is 13.0. The van der Waals surface area contributed by atoms with Gasteiger partial charge in [-0.1, -0.05) is 31.2 Å². The van der Waals surface area contributed by atoms with Gasteiger partial charge in [0.05, 0.1) is 17.3 Å². The first-order valence-corrected chi connectivity index (χ1v) is 7.00. The summed E-state index contributed by atoms with van der Waals surface area (Å²) in [5.41, 5.74) is -2.35. The van der Waals surface area contributed by atoms with E-state index in [0.717, 1.165) is 45.0 Å². The molecular formula is C15H15ClF6O. The molecule has 0 bridgehead atoms. The van der Waals surface area contributed by atoms with Crippen LogP contribution in [-0.2, 0) is 10.2 Å². The Hall–Kier alpha value is -1.24. The predicted molar refractivity (Wildman–Crippen MR) is 74.3 cm³/mol. The second-order valence-electron chi connectivity index (χ2n) is 5.86. The average molecular weight is 361 g/mol. The van der Waals surface area contributed by atoms with Crippen LogP contribution < -0.4 is 0 Å². The largest absolute Gasteiger partial charge is 0.397 e. The van der Waals surface area contributed by atoms with Crippen LogP contribution in [-0.4, -0.2) is 17.6 Å². The van der Waals surface area contributed by atoms with Crippen LogP contribution in [0.4, 0.5) is 26.3 Å². The summed E-state index contributed by atoms with van der Waals surface area (Å²) in [4.78, 5) is 11.4. The lowest BCUT2D eigenvalue weighted by molar-refractivity contribution is -0.180. The van der Waals surface area contributed by atoms with Gasteiger partial charge in [-0.15, -0.1) is 0 Å². The topological polar surface area (TPSA) is 17.1 Å². The Balaban J connectivity index is 3.23. The van der Waals surface area contributed by atoms with Gasteiger partial charge < -0.3 is 0 Å². The first-order chi connectivity index (χ1) is 10.2. The number of carbonyl (C=O) groups is 1. The summed E-state index contributed by atoms with van der Waals surface area (Å²) < 4.78 is 77.3. The van der Waals surface area contributed by atoms with Gasteiger partial charge in [0.25, 0.3) is 0 Å². The number of hydrogen-bond acceptors (Lipinski definition) is 1. The molecule has 0 aliphatic carbocycles. The molecule has 0 aliphatic heterocycles. The monoisotopic (exact) mass is 360 g/mol. The van der Waals surface area contributed by atoms with E-state index in [1.807, 2.05) is 0 Å². The standard InChI is InChI=1S/C15H15ClF6O/c1-8(14(17,18)19)11(12(16)23)9-4-6-10(7-5-9)13(2,3)15(20,21)22/h4-8,11H,1-3H3/t8-,11+/m1/s1. The molecule has 1 rings (SSSR count). The van der Waals surface area contributed by atoms with Crippen molar-refractivity contribution in [3.05, 3.63) is 35.4 Å². The summed E-state index contributed by atoms with van der Waals surface area (Å²) in [7, 11) is 0. The van der Waals surface area contributed by atoms with Gasteiger partial charge in [-0.2, -0.15) is 26.3 Å². The Morgan fingerprint density at radius 2 is 1.43 bits per heavy atom. The van der Waals surface area contributed by atoms with Gasteiger partial charge in [-0.05, 0) is 36.6 Å². The predicted octanol–water partition coefficient (Wildman–Crippen LogP) is 5.57. The molecule has 23 heavy (non-hydrogen) atoms. The summed E-state index contributed by atoms with van der Waals surface area (Å²) in [6, 6.07) is 4.30. The van der Waals surface area contributed by atoms with Crippen LogP contribution in [0.25, 0.3) is 0 Å². The van der Waals surface area contributed by atoms with Gasteiger partial charge in [0.1, 0.15) is 0 Å². The Labute approximate surface area is 134 Å². The number of benzene rings is 1. The van der Waals surface area contributed by atoms with E-state index in [4.69, 9.17) is 11.6 Å². The fourth-order valence-corrected chi connectivity index (χ4v) is 2.39. The van der Waals surface area contributed by atoms with E-state index >= 15 is 0 Å². The Morgan fingerprint density at radius 1 is 1.00 bits per heavy atom. The number of rotatable bonds is 4. The number of hydrogen-bond donors (Lipinski definition) is 0. The Morgan fingerprint density at radius 3 is 1.74 bits per heavy atom. The zero-order valence-electron chi connectivity index (χ0n) is 12.5. The minimum Gasteiger partial charge on any atom is -0.281 e. The van der Waals surface area contributed by atoms with Crippen molar-refractivity contribution in [2.45, 2.75) is 44.5 Å². The van der Waals surface area contributed by atoms with Crippen molar-refractivity contribution in [3.63, 3.8) is 0 Å². The van der Waals surface area contributed by atoms with Gasteiger partial charge in [0.2, 0.25) is 5.24 Å². The molecule has 0 saturated carbocycles. The molecule has 0 amide bonds. The molecule has 0 radical (unpaired) electrons. The molecule has 1 aromatic rings. The Bertz CT molecular complexity index is 559. The maximum atomic E-state index is 13.0. The third kappa shape index (κ3) is 4.19. The smallest absolute Gasteiger partial charge is 0.281 e. The van der Waals surface area contributed by atoms with Crippen LogP contribution >= 0.6 is 11.6 Å². The van der Waals surface area contributed by atoms with Crippen molar-refractivity contribution in [1.29, 1.82) is 0 Å². The Kier molecular flexibility index (Phi) is 5.46. The molecule has 8 heteroatoms. The summed E-state index contributed by atoms with van der Waals surface area (Å²) >= 11 is 5.26. The van der Waals surface area contributed by atoms with Crippen LogP contribution in [0, 0.1) is 5.92 Å². The van der Waals surface area contributed by atoms with Crippen molar-refractivity contribution in [2.24, 2.45) is 5.92 Å². The molecule has 1 aromatic carbocycles. The van der Waals surface area contributed by atoms with E-state index in [1.165, 1.54) is 0 Å². The lowest BCUT2D eigenvalue weighted by atomic mass is 9.81. The number of halogens is 7. The molecule has 130 valence electrons. The average Bonchev–Trinajstić information content (AvgIpc) is 2.36.